The van der Waals surface area contributed by atoms with Gasteiger partial charge in [0.2, 0.25) is 0 Å². The van der Waals surface area contributed by atoms with E-state index in [2.05, 4.69) is 40.8 Å². The van der Waals surface area contributed by atoms with Crippen LogP contribution in [0, 0.1) is 0 Å². The summed E-state index contributed by atoms with van der Waals surface area (Å²) in [5.74, 6) is 0.809. The minimum Gasteiger partial charge on any atom is -0.389 e. The van der Waals surface area contributed by atoms with E-state index >= 15 is 0 Å². The largest absolute Gasteiger partial charge is 0.389 e. The van der Waals surface area contributed by atoms with E-state index in [-0.39, 0.29) is 5.54 Å². The molecule has 1 saturated heterocycles. The SMILES string of the molecule is CC(C)(C)N1CCN(c2nnccc2C(N)=S)CC1. The first-order valence-electron chi connectivity index (χ1n) is 6.51. The number of piperazine rings is 1. The molecular formula is C13H21N5S. The fourth-order valence-electron chi connectivity index (χ4n) is 2.34. The number of nitrogens with zero attached hydrogens (tertiary/aromatic N) is 4. The molecule has 19 heavy (non-hydrogen) atoms. The predicted octanol–water partition coefficient (Wildman–Crippen LogP) is 1.03. The Morgan fingerprint density at radius 2 is 1.89 bits per heavy atom. The average Bonchev–Trinajstić information content (AvgIpc) is 2.38. The van der Waals surface area contributed by atoms with E-state index in [0.29, 0.717) is 4.99 Å². The second kappa shape index (κ2) is 5.38. The summed E-state index contributed by atoms with van der Waals surface area (Å²) in [5, 5.41) is 8.15. The van der Waals surface area contributed by atoms with Gasteiger partial charge in [-0.1, -0.05) is 12.2 Å². The lowest BCUT2D eigenvalue weighted by Gasteiger charge is -2.42. The molecule has 0 bridgehead atoms. The molecule has 1 fully saturated rings. The molecule has 0 amide bonds. The Hall–Kier alpha value is -1.27. The lowest BCUT2D eigenvalue weighted by atomic mass is 10.0. The van der Waals surface area contributed by atoms with Crippen molar-refractivity contribution in [1.29, 1.82) is 0 Å². The highest BCUT2D eigenvalue weighted by Crippen LogP contribution is 2.21. The molecule has 0 unspecified atom stereocenters. The summed E-state index contributed by atoms with van der Waals surface area (Å²) >= 11 is 5.07. The first-order chi connectivity index (χ1) is 8.89. The highest BCUT2D eigenvalue weighted by atomic mass is 32.1. The fraction of sp³-hybridized carbons (Fsp3) is 0.615. The van der Waals surface area contributed by atoms with Crippen molar-refractivity contribution in [1.82, 2.24) is 15.1 Å². The minimum absolute atomic E-state index is 0.209. The van der Waals surface area contributed by atoms with Crippen LogP contribution in [0.15, 0.2) is 12.3 Å². The van der Waals surface area contributed by atoms with Gasteiger partial charge >= 0.3 is 0 Å². The smallest absolute Gasteiger partial charge is 0.161 e. The van der Waals surface area contributed by atoms with Crippen molar-refractivity contribution in [3.8, 4) is 0 Å². The van der Waals surface area contributed by atoms with Gasteiger partial charge in [-0.2, -0.15) is 5.10 Å². The van der Waals surface area contributed by atoms with Crippen LogP contribution in [-0.2, 0) is 0 Å². The number of hydrogen-bond acceptors (Lipinski definition) is 5. The zero-order chi connectivity index (χ0) is 14.0. The van der Waals surface area contributed by atoms with Gasteiger partial charge in [0, 0.05) is 31.7 Å². The maximum absolute atomic E-state index is 5.74. The van der Waals surface area contributed by atoms with E-state index in [1.165, 1.54) is 0 Å². The molecule has 1 aliphatic heterocycles. The van der Waals surface area contributed by atoms with Crippen LogP contribution in [0.25, 0.3) is 0 Å². The molecule has 0 aliphatic carbocycles. The van der Waals surface area contributed by atoms with Gasteiger partial charge in [0.15, 0.2) is 5.82 Å². The molecule has 1 aromatic rings. The standard InChI is InChI=1S/C13H21N5S/c1-13(2,3)18-8-6-17(7-9-18)12-10(11(14)19)4-5-15-16-12/h4-5H,6-9H2,1-3H3,(H2,14,19). The van der Waals surface area contributed by atoms with Crippen LogP contribution < -0.4 is 10.6 Å². The van der Waals surface area contributed by atoms with Crippen LogP contribution in [0.4, 0.5) is 5.82 Å². The van der Waals surface area contributed by atoms with Crippen molar-refractivity contribution in [2.75, 3.05) is 31.1 Å². The highest BCUT2D eigenvalue weighted by molar-refractivity contribution is 7.80. The second-order valence-corrected chi connectivity index (χ2v) is 6.22. The van der Waals surface area contributed by atoms with Gasteiger partial charge in [0.05, 0.1) is 11.8 Å². The summed E-state index contributed by atoms with van der Waals surface area (Å²) in [6.07, 6.45) is 1.63. The average molecular weight is 279 g/mol. The molecule has 0 atom stereocenters. The molecule has 1 aliphatic rings. The zero-order valence-corrected chi connectivity index (χ0v) is 12.6. The van der Waals surface area contributed by atoms with E-state index in [9.17, 15) is 0 Å². The minimum atomic E-state index is 0.209. The number of rotatable bonds is 2. The van der Waals surface area contributed by atoms with Crippen LogP contribution in [0.2, 0.25) is 0 Å². The van der Waals surface area contributed by atoms with Crippen molar-refractivity contribution < 1.29 is 0 Å². The molecule has 0 aromatic carbocycles. The highest BCUT2D eigenvalue weighted by Gasteiger charge is 2.27. The van der Waals surface area contributed by atoms with Gasteiger partial charge in [-0.05, 0) is 26.8 Å². The van der Waals surface area contributed by atoms with E-state index in [1.807, 2.05) is 6.07 Å². The lowest BCUT2D eigenvalue weighted by molar-refractivity contribution is 0.128. The first kappa shape index (κ1) is 14.1. The molecular weight excluding hydrogens is 258 g/mol. The van der Waals surface area contributed by atoms with Crippen molar-refractivity contribution in [2.24, 2.45) is 5.73 Å². The lowest BCUT2D eigenvalue weighted by Crippen LogP contribution is -2.53. The summed E-state index contributed by atoms with van der Waals surface area (Å²) in [6.45, 7) is 10.6. The molecule has 0 spiro atoms. The monoisotopic (exact) mass is 279 g/mol. The van der Waals surface area contributed by atoms with Crippen LogP contribution >= 0.6 is 12.2 Å². The van der Waals surface area contributed by atoms with Crippen LogP contribution in [0.5, 0.6) is 0 Å². The Bertz CT molecular complexity index is 460. The Morgan fingerprint density at radius 3 is 2.42 bits per heavy atom. The van der Waals surface area contributed by atoms with E-state index in [0.717, 1.165) is 37.6 Å². The zero-order valence-electron chi connectivity index (χ0n) is 11.8. The number of aromatic nitrogens is 2. The van der Waals surface area contributed by atoms with Crippen molar-refractivity contribution >= 4 is 23.0 Å². The third kappa shape index (κ3) is 3.19. The molecule has 5 nitrogen and oxygen atoms in total. The number of nitrogens with two attached hydrogens (primary N) is 1. The third-order valence-corrected chi connectivity index (χ3v) is 3.71. The maximum atomic E-state index is 5.74. The summed E-state index contributed by atoms with van der Waals surface area (Å²) in [5.41, 5.74) is 6.77. The normalized spacial score (nSPS) is 17.5. The van der Waals surface area contributed by atoms with Gasteiger partial charge in [-0.15, -0.1) is 5.10 Å². The quantitative estimate of drug-likeness (QED) is 0.816. The summed E-state index contributed by atoms with van der Waals surface area (Å²) in [4.78, 5) is 5.06. The van der Waals surface area contributed by atoms with Gasteiger partial charge in [0.1, 0.15) is 4.99 Å². The van der Waals surface area contributed by atoms with Gasteiger partial charge in [0.25, 0.3) is 0 Å². The predicted molar refractivity (Wildman–Crippen MR) is 81.5 cm³/mol. The Kier molecular flexibility index (Phi) is 4.01. The molecule has 1 aromatic heterocycles. The Labute approximate surface area is 119 Å². The molecule has 0 radical (unpaired) electrons. The molecule has 6 heteroatoms. The van der Waals surface area contributed by atoms with Crippen molar-refractivity contribution in [3.05, 3.63) is 17.8 Å². The number of hydrogen-bond donors (Lipinski definition) is 1. The summed E-state index contributed by atoms with van der Waals surface area (Å²) < 4.78 is 0. The molecule has 2 heterocycles. The van der Waals surface area contributed by atoms with Crippen LogP contribution in [-0.4, -0.2) is 51.8 Å². The number of thiocarbonyl (C=S) groups is 1. The molecule has 2 N–H and O–H groups in total. The topological polar surface area (TPSA) is 58.3 Å². The summed E-state index contributed by atoms with van der Waals surface area (Å²) in [6, 6.07) is 1.83. The molecule has 0 saturated carbocycles. The van der Waals surface area contributed by atoms with Gasteiger partial charge in [-0.25, -0.2) is 0 Å². The molecule has 104 valence electrons. The maximum Gasteiger partial charge on any atom is 0.161 e. The van der Waals surface area contributed by atoms with Gasteiger partial charge in [-0.3, -0.25) is 4.90 Å². The molecule has 2 rings (SSSR count). The third-order valence-electron chi connectivity index (χ3n) is 3.49. The van der Waals surface area contributed by atoms with E-state index in [1.54, 1.807) is 6.20 Å². The van der Waals surface area contributed by atoms with Gasteiger partial charge < -0.3 is 10.6 Å². The van der Waals surface area contributed by atoms with E-state index in [4.69, 9.17) is 18.0 Å². The van der Waals surface area contributed by atoms with Crippen LogP contribution in [0.1, 0.15) is 26.3 Å². The summed E-state index contributed by atoms with van der Waals surface area (Å²) in [7, 11) is 0. The van der Waals surface area contributed by atoms with E-state index < -0.39 is 0 Å². The van der Waals surface area contributed by atoms with Crippen molar-refractivity contribution in [2.45, 2.75) is 26.3 Å². The Morgan fingerprint density at radius 1 is 1.26 bits per heavy atom. The number of anilines is 1. The fourth-order valence-corrected chi connectivity index (χ4v) is 2.50. The van der Waals surface area contributed by atoms with Crippen molar-refractivity contribution in [3.63, 3.8) is 0 Å². The van der Waals surface area contributed by atoms with Crippen LogP contribution in [0.3, 0.4) is 0 Å². The Balaban J connectivity index is 2.12. The second-order valence-electron chi connectivity index (χ2n) is 5.78. The first-order valence-corrected chi connectivity index (χ1v) is 6.92.